The number of pyridine rings is 1. The third kappa shape index (κ3) is 3.11. The van der Waals surface area contributed by atoms with Crippen LogP contribution in [-0.2, 0) is 0 Å². The van der Waals surface area contributed by atoms with Crippen molar-refractivity contribution >= 4 is 17.0 Å². The third-order valence-electron chi connectivity index (χ3n) is 2.85. The summed E-state index contributed by atoms with van der Waals surface area (Å²) in [5, 5.41) is 26.1. The Morgan fingerprint density at radius 3 is 2.95 bits per heavy atom. The van der Waals surface area contributed by atoms with Crippen LogP contribution in [0.25, 0.3) is 0 Å². The molecule has 0 aliphatic heterocycles. The largest absolute Gasteiger partial charge is 0.387 e. The van der Waals surface area contributed by atoms with E-state index in [1.165, 1.54) is 0 Å². The Balaban J connectivity index is 2.14. The SMILES string of the molecule is Cc1cc(NCC(O)c2ccsc2)c(C#N)c(C)n1. The van der Waals surface area contributed by atoms with Gasteiger partial charge >= 0.3 is 0 Å². The molecule has 0 saturated carbocycles. The number of nitriles is 1. The van der Waals surface area contributed by atoms with Gasteiger partial charge in [-0.05, 0) is 42.3 Å². The summed E-state index contributed by atoms with van der Waals surface area (Å²) >= 11 is 1.55. The van der Waals surface area contributed by atoms with E-state index in [-0.39, 0.29) is 0 Å². The lowest BCUT2D eigenvalue weighted by Gasteiger charge is -2.14. The van der Waals surface area contributed by atoms with Crippen LogP contribution < -0.4 is 5.32 Å². The normalized spacial score (nSPS) is 11.9. The number of rotatable bonds is 4. The van der Waals surface area contributed by atoms with Crippen molar-refractivity contribution in [3.05, 3.63) is 45.4 Å². The smallest absolute Gasteiger partial charge is 0.103 e. The van der Waals surface area contributed by atoms with Crippen LogP contribution in [0.1, 0.15) is 28.6 Å². The van der Waals surface area contributed by atoms with Crippen molar-refractivity contribution in [1.29, 1.82) is 5.26 Å². The summed E-state index contributed by atoms with van der Waals surface area (Å²) in [4.78, 5) is 4.26. The summed E-state index contributed by atoms with van der Waals surface area (Å²) < 4.78 is 0. The van der Waals surface area contributed by atoms with Gasteiger partial charge in [-0.15, -0.1) is 0 Å². The molecule has 0 aromatic carbocycles. The van der Waals surface area contributed by atoms with Crippen molar-refractivity contribution in [3.8, 4) is 6.07 Å². The monoisotopic (exact) mass is 273 g/mol. The molecule has 0 fully saturated rings. The Morgan fingerprint density at radius 2 is 2.32 bits per heavy atom. The summed E-state index contributed by atoms with van der Waals surface area (Å²) in [6, 6.07) is 5.86. The van der Waals surface area contributed by atoms with E-state index in [1.807, 2.05) is 36.7 Å². The highest BCUT2D eigenvalue weighted by molar-refractivity contribution is 7.07. The van der Waals surface area contributed by atoms with Gasteiger partial charge in [0.1, 0.15) is 6.07 Å². The van der Waals surface area contributed by atoms with Gasteiger partial charge in [0, 0.05) is 12.2 Å². The minimum Gasteiger partial charge on any atom is -0.387 e. The van der Waals surface area contributed by atoms with Crippen LogP contribution in [0.2, 0.25) is 0 Å². The number of aryl methyl sites for hydroxylation is 2. The molecule has 1 atom stereocenters. The first-order valence-electron chi connectivity index (χ1n) is 5.94. The Labute approximate surface area is 116 Å². The van der Waals surface area contributed by atoms with Crippen molar-refractivity contribution in [2.75, 3.05) is 11.9 Å². The lowest BCUT2D eigenvalue weighted by atomic mass is 10.1. The lowest BCUT2D eigenvalue weighted by molar-refractivity contribution is 0.192. The number of nitrogens with one attached hydrogen (secondary N) is 1. The fourth-order valence-electron chi connectivity index (χ4n) is 1.90. The van der Waals surface area contributed by atoms with E-state index in [4.69, 9.17) is 5.26 Å². The second kappa shape index (κ2) is 5.83. The van der Waals surface area contributed by atoms with Gasteiger partial charge in [-0.2, -0.15) is 16.6 Å². The van der Waals surface area contributed by atoms with E-state index in [1.54, 1.807) is 11.3 Å². The maximum Gasteiger partial charge on any atom is 0.103 e. The molecule has 98 valence electrons. The van der Waals surface area contributed by atoms with Crippen molar-refractivity contribution < 1.29 is 5.11 Å². The molecule has 0 saturated heterocycles. The van der Waals surface area contributed by atoms with Crippen LogP contribution in [0.15, 0.2) is 22.9 Å². The minimum absolute atomic E-state index is 0.369. The van der Waals surface area contributed by atoms with Gasteiger partial charge in [0.2, 0.25) is 0 Å². The Kier molecular flexibility index (Phi) is 4.15. The Bertz CT molecular complexity index is 602. The van der Waals surface area contributed by atoms with E-state index in [9.17, 15) is 5.11 Å². The first kappa shape index (κ1) is 13.5. The Hall–Kier alpha value is -1.90. The van der Waals surface area contributed by atoms with Crippen LogP contribution in [0.3, 0.4) is 0 Å². The molecule has 0 spiro atoms. The molecule has 2 aromatic rings. The predicted octanol–water partition coefficient (Wildman–Crippen LogP) is 2.78. The molecule has 1 unspecified atom stereocenters. The second-order valence-electron chi connectivity index (χ2n) is 4.34. The van der Waals surface area contributed by atoms with Gasteiger partial charge in [-0.3, -0.25) is 4.98 Å². The summed E-state index contributed by atoms with van der Waals surface area (Å²) in [5.41, 5.74) is 3.70. The van der Waals surface area contributed by atoms with Crippen molar-refractivity contribution in [1.82, 2.24) is 4.98 Å². The van der Waals surface area contributed by atoms with Gasteiger partial charge < -0.3 is 10.4 Å². The van der Waals surface area contributed by atoms with Gasteiger partial charge in [0.15, 0.2) is 0 Å². The first-order valence-corrected chi connectivity index (χ1v) is 6.88. The van der Waals surface area contributed by atoms with Crippen LogP contribution in [-0.4, -0.2) is 16.6 Å². The number of hydrogen-bond acceptors (Lipinski definition) is 5. The van der Waals surface area contributed by atoms with Gasteiger partial charge in [0.05, 0.1) is 23.0 Å². The number of nitrogens with zero attached hydrogens (tertiary/aromatic N) is 2. The molecule has 2 N–H and O–H groups in total. The summed E-state index contributed by atoms with van der Waals surface area (Å²) in [6.45, 7) is 4.06. The topological polar surface area (TPSA) is 68.9 Å². The maximum atomic E-state index is 10.0. The highest BCUT2D eigenvalue weighted by Gasteiger charge is 2.11. The molecule has 0 aliphatic carbocycles. The van der Waals surface area contributed by atoms with Gasteiger partial charge in [-0.1, -0.05) is 0 Å². The number of hydrogen-bond donors (Lipinski definition) is 2. The molecule has 0 radical (unpaired) electrons. The highest BCUT2D eigenvalue weighted by Crippen LogP contribution is 2.21. The van der Waals surface area contributed by atoms with Crippen molar-refractivity contribution in [2.45, 2.75) is 20.0 Å². The Morgan fingerprint density at radius 1 is 1.53 bits per heavy atom. The number of anilines is 1. The molecule has 2 aromatic heterocycles. The summed E-state index contributed by atoms with van der Waals surface area (Å²) in [5.74, 6) is 0. The molecular weight excluding hydrogens is 258 g/mol. The van der Waals surface area contributed by atoms with E-state index in [2.05, 4.69) is 16.4 Å². The van der Waals surface area contributed by atoms with E-state index < -0.39 is 6.10 Å². The van der Waals surface area contributed by atoms with Crippen LogP contribution in [0.5, 0.6) is 0 Å². The van der Waals surface area contributed by atoms with E-state index >= 15 is 0 Å². The average molecular weight is 273 g/mol. The maximum absolute atomic E-state index is 10.0. The molecule has 5 heteroatoms. The fraction of sp³-hybridized carbons (Fsp3) is 0.286. The summed E-state index contributed by atoms with van der Waals surface area (Å²) in [6.07, 6.45) is -0.577. The van der Waals surface area contributed by atoms with Crippen LogP contribution in [0.4, 0.5) is 5.69 Å². The summed E-state index contributed by atoms with van der Waals surface area (Å²) in [7, 11) is 0. The molecule has 0 aliphatic rings. The van der Waals surface area contributed by atoms with Crippen LogP contribution >= 0.6 is 11.3 Å². The molecule has 19 heavy (non-hydrogen) atoms. The third-order valence-corrected chi connectivity index (χ3v) is 3.56. The first-order chi connectivity index (χ1) is 9.11. The molecule has 0 amide bonds. The number of thiophene rings is 1. The zero-order valence-electron chi connectivity index (χ0n) is 10.8. The standard InChI is InChI=1S/C14H15N3OS/c1-9-5-13(12(6-15)10(2)17-9)16-7-14(18)11-3-4-19-8-11/h3-5,8,14,18H,7H2,1-2H3,(H,16,17). The molecule has 0 bridgehead atoms. The van der Waals surface area contributed by atoms with Gasteiger partial charge in [-0.25, -0.2) is 0 Å². The predicted molar refractivity (Wildman–Crippen MR) is 76.2 cm³/mol. The number of aromatic nitrogens is 1. The van der Waals surface area contributed by atoms with Crippen molar-refractivity contribution in [2.24, 2.45) is 0 Å². The van der Waals surface area contributed by atoms with E-state index in [0.717, 1.165) is 16.9 Å². The number of aliphatic hydroxyl groups is 1. The zero-order valence-corrected chi connectivity index (χ0v) is 11.7. The lowest BCUT2D eigenvalue weighted by Crippen LogP contribution is -2.13. The van der Waals surface area contributed by atoms with Gasteiger partial charge in [0.25, 0.3) is 0 Å². The minimum atomic E-state index is -0.577. The van der Waals surface area contributed by atoms with E-state index in [0.29, 0.717) is 17.8 Å². The average Bonchev–Trinajstić information content (AvgIpc) is 2.89. The molecular formula is C14H15N3OS. The number of aliphatic hydroxyl groups excluding tert-OH is 1. The molecule has 2 rings (SSSR count). The molecule has 4 nitrogen and oxygen atoms in total. The van der Waals surface area contributed by atoms with Crippen molar-refractivity contribution in [3.63, 3.8) is 0 Å². The molecule has 2 heterocycles. The quantitative estimate of drug-likeness (QED) is 0.898. The second-order valence-corrected chi connectivity index (χ2v) is 5.12. The fourth-order valence-corrected chi connectivity index (χ4v) is 2.61. The zero-order chi connectivity index (χ0) is 13.8. The highest BCUT2D eigenvalue weighted by atomic mass is 32.1. The van der Waals surface area contributed by atoms with Crippen LogP contribution in [0, 0.1) is 25.2 Å².